The molecule has 1 aliphatic rings. The number of halogens is 2. The number of nitrogens with zero attached hydrogens (tertiary/aromatic N) is 2. The summed E-state index contributed by atoms with van der Waals surface area (Å²) in [5.74, 6) is 0.945. The number of carbonyl (C=O) groups excluding carboxylic acids is 1. The quantitative estimate of drug-likeness (QED) is 0.894. The lowest BCUT2D eigenvalue weighted by atomic mass is 10.1. The number of hydrogen-bond acceptors (Lipinski definition) is 3. The Hall–Kier alpha value is -1.56. The zero-order chi connectivity index (χ0) is 13.9. The Morgan fingerprint density at radius 3 is 2.82 bits per heavy atom. The molecule has 1 aliphatic heterocycles. The summed E-state index contributed by atoms with van der Waals surface area (Å²) in [4.78, 5) is 16.3. The monoisotopic (exact) mass is 342 g/mol. The van der Waals surface area contributed by atoms with Gasteiger partial charge in [-0.15, -0.1) is 24.8 Å². The zero-order valence-corrected chi connectivity index (χ0v) is 14.0. The Balaban J connectivity index is 0.00000121. The Labute approximate surface area is 142 Å². The number of benzene rings is 1. The predicted octanol–water partition coefficient (Wildman–Crippen LogP) is 2.07. The molecule has 120 valence electrons. The molecule has 0 radical (unpaired) electrons. The highest BCUT2D eigenvalue weighted by atomic mass is 35.5. The van der Waals surface area contributed by atoms with Crippen molar-refractivity contribution >= 4 is 30.7 Å². The van der Waals surface area contributed by atoms with Gasteiger partial charge in [0.2, 0.25) is 0 Å². The van der Waals surface area contributed by atoms with Crippen LogP contribution in [0.3, 0.4) is 0 Å². The second kappa shape index (κ2) is 8.17. The molecule has 5 nitrogen and oxygen atoms in total. The van der Waals surface area contributed by atoms with Crippen LogP contribution in [0.25, 0.3) is 0 Å². The average Bonchev–Trinajstić information content (AvgIpc) is 3.07. The summed E-state index contributed by atoms with van der Waals surface area (Å²) in [5, 5.41) is 6.23. The van der Waals surface area contributed by atoms with E-state index in [9.17, 15) is 4.79 Å². The fraction of sp³-hybridized carbons (Fsp3) is 0.333. The molecule has 2 N–H and O–H groups in total. The number of aryl methyl sites for hydroxylation is 1. The van der Waals surface area contributed by atoms with Crippen LogP contribution in [0, 0.1) is 6.92 Å². The van der Waals surface area contributed by atoms with E-state index in [0.29, 0.717) is 6.54 Å². The van der Waals surface area contributed by atoms with Gasteiger partial charge in [-0.05, 0) is 30.2 Å². The number of imidazole rings is 1. The number of hydrogen-bond donors (Lipinski definition) is 2. The van der Waals surface area contributed by atoms with Crippen molar-refractivity contribution in [2.75, 3.05) is 6.54 Å². The number of fused-ring (bicyclic) bond motifs is 1. The first kappa shape index (κ1) is 18.5. The molecule has 2 heterocycles. The Morgan fingerprint density at radius 1 is 1.32 bits per heavy atom. The summed E-state index contributed by atoms with van der Waals surface area (Å²) in [5.41, 5.74) is 3.24. The van der Waals surface area contributed by atoms with E-state index in [1.807, 2.05) is 35.9 Å². The van der Waals surface area contributed by atoms with Crippen molar-refractivity contribution in [2.45, 2.75) is 26.6 Å². The summed E-state index contributed by atoms with van der Waals surface area (Å²) in [6.45, 7) is 5.05. The minimum atomic E-state index is -0.0162. The lowest BCUT2D eigenvalue weighted by Crippen LogP contribution is -2.27. The van der Waals surface area contributed by atoms with Crippen LogP contribution in [-0.4, -0.2) is 22.0 Å². The normalized spacial score (nSPS) is 12.0. The van der Waals surface area contributed by atoms with E-state index < -0.39 is 0 Å². The Bertz CT molecular complexity index is 642. The van der Waals surface area contributed by atoms with Crippen molar-refractivity contribution in [2.24, 2.45) is 0 Å². The lowest BCUT2D eigenvalue weighted by Gasteiger charge is -2.08. The summed E-state index contributed by atoms with van der Waals surface area (Å²) in [6, 6.07) is 5.90. The van der Waals surface area contributed by atoms with E-state index in [2.05, 4.69) is 15.6 Å². The molecule has 1 amide bonds. The van der Waals surface area contributed by atoms with Gasteiger partial charge >= 0.3 is 0 Å². The predicted molar refractivity (Wildman–Crippen MR) is 90.8 cm³/mol. The number of aromatic nitrogens is 2. The second-order valence-corrected chi connectivity index (χ2v) is 5.01. The summed E-state index contributed by atoms with van der Waals surface area (Å²) in [7, 11) is 0. The standard InChI is InChI=1S/C15H18N4O.2ClH/c1-11-17-4-6-19(11)7-5-18-15(20)12-2-3-13-9-16-10-14(13)8-12;;/h2-4,6,8,16H,5,7,9-10H2,1H3,(H,18,20);2*1H. The molecule has 0 unspecified atom stereocenters. The maximum absolute atomic E-state index is 12.1. The minimum absolute atomic E-state index is 0. The van der Waals surface area contributed by atoms with E-state index in [1.54, 1.807) is 6.20 Å². The molecule has 0 bridgehead atoms. The molecule has 0 saturated heterocycles. The summed E-state index contributed by atoms with van der Waals surface area (Å²) in [6.07, 6.45) is 3.69. The van der Waals surface area contributed by atoms with Crippen LogP contribution in [0.2, 0.25) is 0 Å². The topological polar surface area (TPSA) is 59.0 Å². The fourth-order valence-corrected chi connectivity index (χ4v) is 2.47. The first-order valence-electron chi connectivity index (χ1n) is 6.82. The first-order chi connectivity index (χ1) is 9.74. The number of rotatable bonds is 4. The van der Waals surface area contributed by atoms with Crippen molar-refractivity contribution in [3.63, 3.8) is 0 Å². The van der Waals surface area contributed by atoms with Gasteiger partial charge in [0, 0.05) is 44.1 Å². The van der Waals surface area contributed by atoms with Crippen molar-refractivity contribution in [1.82, 2.24) is 20.2 Å². The van der Waals surface area contributed by atoms with Gasteiger partial charge in [0.15, 0.2) is 0 Å². The number of carbonyl (C=O) groups is 1. The summed E-state index contributed by atoms with van der Waals surface area (Å²) < 4.78 is 2.02. The summed E-state index contributed by atoms with van der Waals surface area (Å²) >= 11 is 0. The van der Waals surface area contributed by atoms with Gasteiger partial charge in [-0.1, -0.05) is 6.07 Å². The van der Waals surface area contributed by atoms with Crippen LogP contribution < -0.4 is 10.6 Å². The maximum atomic E-state index is 12.1. The van der Waals surface area contributed by atoms with E-state index >= 15 is 0 Å². The third-order valence-electron chi connectivity index (χ3n) is 3.66. The molecule has 2 aromatic rings. The van der Waals surface area contributed by atoms with E-state index in [0.717, 1.165) is 31.0 Å². The number of amides is 1. The fourth-order valence-electron chi connectivity index (χ4n) is 2.47. The third-order valence-corrected chi connectivity index (χ3v) is 3.66. The van der Waals surface area contributed by atoms with Gasteiger partial charge in [0.1, 0.15) is 5.82 Å². The van der Waals surface area contributed by atoms with Crippen molar-refractivity contribution in [1.29, 1.82) is 0 Å². The molecular weight excluding hydrogens is 323 g/mol. The van der Waals surface area contributed by atoms with Crippen molar-refractivity contribution in [3.05, 3.63) is 53.1 Å². The molecule has 0 fully saturated rings. The van der Waals surface area contributed by atoms with Crippen molar-refractivity contribution < 1.29 is 4.79 Å². The molecule has 7 heteroatoms. The van der Waals surface area contributed by atoms with Crippen LogP contribution in [0.5, 0.6) is 0 Å². The third kappa shape index (κ3) is 4.00. The molecule has 22 heavy (non-hydrogen) atoms. The highest BCUT2D eigenvalue weighted by Gasteiger charge is 2.13. The number of nitrogens with one attached hydrogen (secondary N) is 2. The van der Waals surface area contributed by atoms with E-state index in [-0.39, 0.29) is 30.7 Å². The highest BCUT2D eigenvalue weighted by molar-refractivity contribution is 5.94. The molecule has 0 atom stereocenters. The molecule has 1 aromatic heterocycles. The molecule has 0 spiro atoms. The lowest BCUT2D eigenvalue weighted by molar-refractivity contribution is 0.0952. The van der Waals surface area contributed by atoms with Gasteiger partial charge in [-0.3, -0.25) is 4.79 Å². The van der Waals surface area contributed by atoms with Crippen LogP contribution >= 0.6 is 24.8 Å². The van der Waals surface area contributed by atoms with Crippen LogP contribution in [0.15, 0.2) is 30.6 Å². The van der Waals surface area contributed by atoms with E-state index in [1.165, 1.54) is 11.1 Å². The zero-order valence-electron chi connectivity index (χ0n) is 12.3. The van der Waals surface area contributed by atoms with Gasteiger partial charge in [0.05, 0.1) is 0 Å². The average molecular weight is 343 g/mol. The maximum Gasteiger partial charge on any atom is 0.251 e. The largest absolute Gasteiger partial charge is 0.350 e. The van der Waals surface area contributed by atoms with Gasteiger partial charge < -0.3 is 15.2 Å². The SMILES string of the molecule is Cc1nccn1CCNC(=O)c1ccc2c(c1)CNC2.Cl.Cl. The Kier molecular flexibility index (Phi) is 6.87. The molecule has 1 aromatic carbocycles. The van der Waals surface area contributed by atoms with E-state index in [4.69, 9.17) is 0 Å². The van der Waals surface area contributed by atoms with Crippen LogP contribution in [0.1, 0.15) is 27.3 Å². The van der Waals surface area contributed by atoms with Gasteiger partial charge in [-0.2, -0.15) is 0 Å². The van der Waals surface area contributed by atoms with Gasteiger partial charge in [-0.25, -0.2) is 4.98 Å². The van der Waals surface area contributed by atoms with Crippen LogP contribution in [0.4, 0.5) is 0 Å². The Morgan fingerprint density at radius 2 is 2.09 bits per heavy atom. The second-order valence-electron chi connectivity index (χ2n) is 5.01. The molecular formula is C15H20Cl2N4O. The molecule has 3 rings (SSSR count). The van der Waals surface area contributed by atoms with Gasteiger partial charge in [0.25, 0.3) is 5.91 Å². The minimum Gasteiger partial charge on any atom is -0.350 e. The molecule has 0 saturated carbocycles. The smallest absolute Gasteiger partial charge is 0.251 e. The highest BCUT2D eigenvalue weighted by Crippen LogP contribution is 2.16. The first-order valence-corrected chi connectivity index (χ1v) is 6.82. The van der Waals surface area contributed by atoms with Crippen molar-refractivity contribution in [3.8, 4) is 0 Å². The molecule has 0 aliphatic carbocycles. The van der Waals surface area contributed by atoms with Crippen LogP contribution in [-0.2, 0) is 19.6 Å².